The smallest absolute Gasteiger partial charge is 0.0651 e. The van der Waals surface area contributed by atoms with Crippen LogP contribution in [0.4, 0.5) is 0 Å². The lowest BCUT2D eigenvalue weighted by Crippen LogP contribution is -2.26. The predicted octanol–water partition coefficient (Wildman–Crippen LogP) is 2.87. The Morgan fingerprint density at radius 1 is 1.46 bits per heavy atom. The topological polar surface area (TPSA) is 0 Å². The first kappa shape index (κ1) is 10.7. The summed E-state index contributed by atoms with van der Waals surface area (Å²) in [7, 11) is -0.706. The first-order valence-electron chi connectivity index (χ1n) is 4.54. The monoisotopic (exact) mass is 254 g/mol. The molecule has 13 heavy (non-hydrogen) atoms. The van der Waals surface area contributed by atoms with E-state index in [1.807, 2.05) is 6.08 Å². The van der Waals surface area contributed by atoms with Crippen LogP contribution in [0.15, 0.2) is 35.3 Å². The molecule has 0 bridgehead atoms. The van der Waals surface area contributed by atoms with Crippen molar-refractivity contribution < 1.29 is 0 Å². The minimum absolute atomic E-state index is 0.706. The van der Waals surface area contributed by atoms with Gasteiger partial charge in [0.2, 0.25) is 0 Å². The Morgan fingerprint density at radius 3 is 2.69 bits per heavy atom. The molecule has 70 valence electrons. The SMILES string of the molecule is C=CCc1ccc(Br)cc1[SiH](C)C. The van der Waals surface area contributed by atoms with Crippen molar-refractivity contribution in [2.75, 3.05) is 0 Å². The van der Waals surface area contributed by atoms with E-state index in [0.29, 0.717) is 0 Å². The van der Waals surface area contributed by atoms with Crippen molar-refractivity contribution in [1.29, 1.82) is 0 Å². The second kappa shape index (κ2) is 4.77. The first-order valence-corrected chi connectivity index (χ1v) is 8.22. The van der Waals surface area contributed by atoms with Crippen LogP contribution in [-0.2, 0) is 6.42 Å². The maximum absolute atomic E-state index is 3.78. The van der Waals surface area contributed by atoms with Gasteiger partial charge in [-0.2, -0.15) is 0 Å². The zero-order chi connectivity index (χ0) is 9.84. The van der Waals surface area contributed by atoms with Gasteiger partial charge in [0.25, 0.3) is 0 Å². The van der Waals surface area contributed by atoms with Crippen molar-refractivity contribution in [3.8, 4) is 0 Å². The maximum Gasteiger partial charge on any atom is 0.0651 e. The van der Waals surface area contributed by atoms with Crippen molar-refractivity contribution in [1.82, 2.24) is 0 Å². The normalized spacial score (nSPS) is 10.5. The second-order valence-corrected chi connectivity index (χ2v) is 7.34. The van der Waals surface area contributed by atoms with E-state index >= 15 is 0 Å². The van der Waals surface area contributed by atoms with Gasteiger partial charge in [-0.05, 0) is 24.1 Å². The molecule has 0 radical (unpaired) electrons. The lowest BCUT2D eigenvalue weighted by Gasteiger charge is -2.10. The molecule has 0 unspecified atom stereocenters. The van der Waals surface area contributed by atoms with Gasteiger partial charge in [0.15, 0.2) is 0 Å². The second-order valence-electron chi connectivity index (χ2n) is 3.49. The minimum atomic E-state index is -0.706. The Balaban J connectivity index is 3.10. The third kappa shape index (κ3) is 2.81. The zero-order valence-corrected chi connectivity index (χ0v) is 10.9. The van der Waals surface area contributed by atoms with E-state index in [2.05, 4.69) is 53.8 Å². The fourth-order valence-electron chi connectivity index (χ4n) is 1.44. The third-order valence-corrected chi connectivity index (χ3v) is 4.37. The number of allylic oxidation sites excluding steroid dienone is 1. The molecular weight excluding hydrogens is 240 g/mol. The Labute approximate surface area is 90.4 Å². The molecule has 1 aromatic rings. The summed E-state index contributed by atoms with van der Waals surface area (Å²) in [6.45, 7) is 8.49. The standard InChI is InChI=1S/C11H15BrSi/c1-4-5-9-6-7-10(12)8-11(9)13(2)3/h4,6-8,13H,1,5H2,2-3H3. The molecule has 0 atom stereocenters. The molecule has 1 aromatic carbocycles. The Hall–Kier alpha value is -0.343. The van der Waals surface area contributed by atoms with Crippen molar-refractivity contribution in [3.05, 3.63) is 40.9 Å². The highest BCUT2D eigenvalue weighted by Crippen LogP contribution is 2.10. The highest BCUT2D eigenvalue weighted by atomic mass is 79.9. The summed E-state index contributed by atoms with van der Waals surface area (Å²) in [5.74, 6) is 0. The summed E-state index contributed by atoms with van der Waals surface area (Å²) in [6.07, 6.45) is 2.97. The van der Waals surface area contributed by atoms with Crippen LogP contribution < -0.4 is 5.19 Å². The van der Waals surface area contributed by atoms with Gasteiger partial charge in [0.05, 0.1) is 8.80 Å². The van der Waals surface area contributed by atoms with Gasteiger partial charge in [0, 0.05) is 4.47 Å². The molecular formula is C11H15BrSi. The molecule has 0 aromatic heterocycles. The van der Waals surface area contributed by atoms with Crippen LogP contribution in [0.25, 0.3) is 0 Å². The molecule has 0 aliphatic carbocycles. The highest BCUT2D eigenvalue weighted by molar-refractivity contribution is 9.10. The van der Waals surface area contributed by atoms with E-state index in [1.54, 1.807) is 5.19 Å². The predicted molar refractivity (Wildman–Crippen MR) is 66.6 cm³/mol. The van der Waals surface area contributed by atoms with E-state index in [-0.39, 0.29) is 0 Å². The number of rotatable bonds is 3. The van der Waals surface area contributed by atoms with Gasteiger partial charge in [-0.3, -0.25) is 0 Å². The first-order chi connectivity index (χ1) is 6.15. The van der Waals surface area contributed by atoms with Crippen LogP contribution in [0.3, 0.4) is 0 Å². The molecule has 0 nitrogen and oxygen atoms in total. The molecule has 0 saturated heterocycles. The summed E-state index contributed by atoms with van der Waals surface area (Å²) in [5, 5.41) is 1.55. The Morgan fingerprint density at radius 2 is 2.15 bits per heavy atom. The van der Waals surface area contributed by atoms with E-state index in [0.717, 1.165) is 6.42 Å². The number of halogens is 1. The van der Waals surface area contributed by atoms with Gasteiger partial charge in [-0.1, -0.05) is 46.4 Å². The van der Waals surface area contributed by atoms with Gasteiger partial charge in [-0.15, -0.1) is 6.58 Å². The Kier molecular flexibility index (Phi) is 3.94. The molecule has 0 amide bonds. The summed E-state index contributed by atoms with van der Waals surface area (Å²) in [5.41, 5.74) is 1.44. The van der Waals surface area contributed by atoms with E-state index in [4.69, 9.17) is 0 Å². The molecule has 0 aliphatic heterocycles. The molecule has 0 aliphatic rings. The summed E-state index contributed by atoms with van der Waals surface area (Å²) in [6, 6.07) is 6.57. The summed E-state index contributed by atoms with van der Waals surface area (Å²) >= 11 is 3.51. The average molecular weight is 255 g/mol. The highest BCUT2D eigenvalue weighted by Gasteiger charge is 2.06. The van der Waals surface area contributed by atoms with E-state index in [1.165, 1.54) is 10.0 Å². The number of hydrogen-bond acceptors (Lipinski definition) is 0. The quantitative estimate of drug-likeness (QED) is 0.575. The average Bonchev–Trinajstić information content (AvgIpc) is 2.08. The van der Waals surface area contributed by atoms with Gasteiger partial charge in [-0.25, -0.2) is 0 Å². The summed E-state index contributed by atoms with van der Waals surface area (Å²) in [4.78, 5) is 0. The molecule has 2 heteroatoms. The number of hydrogen-bond donors (Lipinski definition) is 0. The van der Waals surface area contributed by atoms with Gasteiger partial charge in [0.1, 0.15) is 0 Å². The molecule has 0 heterocycles. The van der Waals surface area contributed by atoms with E-state index in [9.17, 15) is 0 Å². The lowest BCUT2D eigenvalue weighted by molar-refractivity contribution is 1.29. The fourth-order valence-corrected chi connectivity index (χ4v) is 3.54. The van der Waals surface area contributed by atoms with Crippen molar-refractivity contribution in [3.63, 3.8) is 0 Å². The van der Waals surface area contributed by atoms with Crippen LogP contribution in [0.5, 0.6) is 0 Å². The molecule has 0 saturated carbocycles. The molecule has 0 N–H and O–H groups in total. The Bertz CT molecular complexity index is 305. The lowest BCUT2D eigenvalue weighted by atomic mass is 10.1. The van der Waals surface area contributed by atoms with Crippen LogP contribution in [0, 0.1) is 0 Å². The van der Waals surface area contributed by atoms with Gasteiger partial charge < -0.3 is 0 Å². The zero-order valence-electron chi connectivity index (χ0n) is 8.18. The third-order valence-electron chi connectivity index (χ3n) is 2.09. The van der Waals surface area contributed by atoms with Crippen LogP contribution in [0.1, 0.15) is 5.56 Å². The van der Waals surface area contributed by atoms with Gasteiger partial charge >= 0.3 is 0 Å². The largest absolute Gasteiger partial charge is 0.103 e. The van der Waals surface area contributed by atoms with Crippen molar-refractivity contribution >= 4 is 29.9 Å². The molecule has 1 rings (SSSR count). The van der Waals surface area contributed by atoms with Crippen LogP contribution >= 0.6 is 15.9 Å². The maximum atomic E-state index is 3.78. The van der Waals surface area contributed by atoms with Crippen molar-refractivity contribution in [2.45, 2.75) is 19.5 Å². The summed E-state index contributed by atoms with van der Waals surface area (Å²) < 4.78 is 1.19. The molecule has 0 spiro atoms. The molecule has 0 fully saturated rings. The van der Waals surface area contributed by atoms with E-state index < -0.39 is 8.80 Å². The number of benzene rings is 1. The van der Waals surface area contributed by atoms with Crippen molar-refractivity contribution in [2.24, 2.45) is 0 Å². The minimum Gasteiger partial charge on any atom is -0.103 e. The van der Waals surface area contributed by atoms with Crippen LogP contribution in [-0.4, -0.2) is 8.80 Å². The fraction of sp³-hybridized carbons (Fsp3) is 0.273. The van der Waals surface area contributed by atoms with Crippen LogP contribution in [0.2, 0.25) is 13.1 Å².